The molecule has 6 rings (SSSR count). The number of ether oxygens (including phenoxy) is 1. The zero-order chi connectivity index (χ0) is 25.7. The number of cyclic esters (lactones) is 1. The van der Waals surface area contributed by atoms with Gasteiger partial charge in [-0.25, -0.2) is 9.78 Å². The van der Waals surface area contributed by atoms with E-state index in [0.717, 1.165) is 29.8 Å². The average molecular weight is 542 g/mol. The minimum absolute atomic E-state index is 0.0356. The summed E-state index contributed by atoms with van der Waals surface area (Å²) >= 11 is 7.44. The first kappa shape index (κ1) is 24.4. The van der Waals surface area contributed by atoms with E-state index < -0.39 is 0 Å². The third kappa shape index (κ3) is 4.51. The van der Waals surface area contributed by atoms with Crippen molar-refractivity contribution in [3.63, 3.8) is 0 Å². The van der Waals surface area contributed by atoms with Gasteiger partial charge >= 0.3 is 12.0 Å². The molecule has 37 heavy (non-hydrogen) atoms. The van der Waals surface area contributed by atoms with Gasteiger partial charge in [0.1, 0.15) is 10.7 Å². The smallest absolute Gasteiger partial charge is 0.323 e. The fourth-order valence-electron chi connectivity index (χ4n) is 5.65. The lowest BCUT2D eigenvalue weighted by molar-refractivity contribution is -0.142. The molecule has 9 nitrogen and oxygen atoms in total. The van der Waals surface area contributed by atoms with Crippen molar-refractivity contribution in [2.24, 2.45) is 0 Å². The molecule has 0 N–H and O–H groups in total. The van der Waals surface area contributed by atoms with Crippen molar-refractivity contribution >= 4 is 45.2 Å². The molecule has 1 unspecified atom stereocenters. The van der Waals surface area contributed by atoms with E-state index in [1.807, 2.05) is 42.3 Å². The second-order valence-corrected chi connectivity index (χ2v) is 11.5. The Bertz CT molecular complexity index is 1410. The van der Waals surface area contributed by atoms with Crippen LogP contribution in [0.15, 0.2) is 41.5 Å². The predicted molar refractivity (Wildman–Crippen MR) is 142 cm³/mol. The summed E-state index contributed by atoms with van der Waals surface area (Å²) in [5.74, 6) is -0.154. The van der Waals surface area contributed by atoms with E-state index in [1.54, 1.807) is 15.8 Å². The Hall–Kier alpha value is -2.95. The maximum atomic E-state index is 13.4. The lowest BCUT2D eigenvalue weighted by Crippen LogP contribution is -2.47. The highest BCUT2D eigenvalue weighted by atomic mass is 35.5. The third-order valence-electron chi connectivity index (χ3n) is 7.81. The number of carbonyl (C=O) groups is 2. The number of urea groups is 1. The quantitative estimate of drug-likeness (QED) is 0.470. The number of hydrogen-bond acceptors (Lipinski definition) is 7. The van der Waals surface area contributed by atoms with Crippen LogP contribution in [0.4, 0.5) is 4.79 Å². The Kier molecular flexibility index (Phi) is 6.42. The molecule has 0 radical (unpaired) electrons. The molecule has 3 aromatic rings. The molecular weight excluding hydrogens is 514 g/mol. The Morgan fingerprint density at radius 2 is 1.95 bits per heavy atom. The molecule has 1 aromatic carbocycles. The summed E-state index contributed by atoms with van der Waals surface area (Å²) in [5, 5.41) is 0.667. The molecular formula is C26H28ClN5O4S. The lowest BCUT2D eigenvalue weighted by atomic mass is 10.2. The van der Waals surface area contributed by atoms with Crippen LogP contribution in [0.3, 0.4) is 0 Å². The minimum atomic E-state index is -0.184. The van der Waals surface area contributed by atoms with Crippen LogP contribution in [0.2, 0.25) is 5.02 Å². The van der Waals surface area contributed by atoms with Gasteiger partial charge in [0.15, 0.2) is 0 Å². The van der Waals surface area contributed by atoms with Crippen molar-refractivity contribution in [1.82, 2.24) is 24.3 Å². The van der Waals surface area contributed by atoms with Crippen molar-refractivity contribution in [3.8, 4) is 10.4 Å². The van der Waals surface area contributed by atoms with Gasteiger partial charge < -0.3 is 14.5 Å². The second kappa shape index (κ2) is 9.74. The molecule has 194 valence electrons. The van der Waals surface area contributed by atoms with E-state index in [2.05, 4.69) is 9.88 Å². The minimum Gasteiger partial charge on any atom is -0.464 e. The van der Waals surface area contributed by atoms with E-state index in [-0.39, 0.29) is 35.7 Å². The first-order valence-electron chi connectivity index (χ1n) is 12.6. The van der Waals surface area contributed by atoms with Gasteiger partial charge in [0.2, 0.25) is 0 Å². The Labute approximate surface area is 223 Å². The first-order chi connectivity index (χ1) is 17.9. The molecule has 11 heteroatoms. The molecule has 0 bridgehead atoms. The molecule has 3 atom stereocenters. The summed E-state index contributed by atoms with van der Waals surface area (Å²) in [7, 11) is 1.83. The van der Waals surface area contributed by atoms with E-state index >= 15 is 0 Å². The Morgan fingerprint density at radius 3 is 2.70 bits per heavy atom. The van der Waals surface area contributed by atoms with E-state index in [9.17, 15) is 14.4 Å². The summed E-state index contributed by atoms with van der Waals surface area (Å²) in [6.45, 7) is 2.99. The van der Waals surface area contributed by atoms with Crippen LogP contribution in [-0.2, 0) is 9.53 Å². The van der Waals surface area contributed by atoms with Crippen LogP contribution < -0.4 is 5.56 Å². The fraction of sp³-hybridized carbons (Fsp3) is 0.462. The van der Waals surface area contributed by atoms with Gasteiger partial charge in [0, 0.05) is 55.6 Å². The van der Waals surface area contributed by atoms with Crippen molar-refractivity contribution in [1.29, 1.82) is 0 Å². The van der Waals surface area contributed by atoms with E-state index in [1.165, 1.54) is 11.3 Å². The van der Waals surface area contributed by atoms with Gasteiger partial charge in [-0.2, -0.15) is 0 Å². The number of amides is 2. The predicted octanol–water partition coefficient (Wildman–Crippen LogP) is 3.47. The number of aromatic nitrogens is 2. The molecule has 5 heterocycles. The number of halogens is 1. The molecule has 0 aliphatic carbocycles. The average Bonchev–Trinajstić information content (AvgIpc) is 3.70. The van der Waals surface area contributed by atoms with Crippen molar-refractivity contribution in [2.75, 3.05) is 39.8 Å². The number of hydrogen-bond donors (Lipinski definition) is 0. The van der Waals surface area contributed by atoms with Crippen molar-refractivity contribution in [3.05, 3.63) is 52.0 Å². The van der Waals surface area contributed by atoms with Crippen LogP contribution in [0, 0.1) is 0 Å². The summed E-state index contributed by atoms with van der Waals surface area (Å²) in [5.41, 5.74) is 1.60. The third-order valence-corrected chi connectivity index (χ3v) is 9.22. The Morgan fingerprint density at radius 1 is 1.14 bits per heavy atom. The normalized spacial score (nSPS) is 24.2. The molecule has 3 saturated heterocycles. The number of likely N-dealkylation sites (tertiary alicyclic amines) is 2. The van der Waals surface area contributed by atoms with Crippen LogP contribution >= 0.6 is 22.9 Å². The molecule has 2 aromatic heterocycles. The lowest BCUT2D eigenvalue weighted by Gasteiger charge is -2.30. The molecule has 0 spiro atoms. The van der Waals surface area contributed by atoms with E-state index in [0.29, 0.717) is 47.9 Å². The largest absolute Gasteiger partial charge is 0.464 e. The topological polar surface area (TPSA) is 88.0 Å². The molecule has 0 saturated carbocycles. The zero-order valence-electron chi connectivity index (χ0n) is 20.5. The molecule has 2 amide bonds. The number of esters is 1. The monoisotopic (exact) mass is 541 g/mol. The van der Waals surface area contributed by atoms with Gasteiger partial charge in [0.05, 0.1) is 24.5 Å². The summed E-state index contributed by atoms with van der Waals surface area (Å²) in [6.07, 6.45) is 3.86. The number of likely N-dealkylation sites (N-methyl/N-ethyl adjacent to an activating group) is 1. The van der Waals surface area contributed by atoms with Gasteiger partial charge in [-0.1, -0.05) is 23.7 Å². The van der Waals surface area contributed by atoms with Crippen LogP contribution in [-0.4, -0.2) is 88.2 Å². The maximum Gasteiger partial charge on any atom is 0.323 e. The van der Waals surface area contributed by atoms with Crippen molar-refractivity contribution < 1.29 is 14.3 Å². The van der Waals surface area contributed by atoms with Crippen molar-refractivity contribution in [2.45, 2.75) is 37.4 Å². The zero-order valence-corrected chi connectivity index (χ0v) is 22.1. The van der Waals surface area contributed by atoms with Gasteiger partial charge in [-0.15, -0.1) is 11.3 Å². The van der Waals surface area contributed by atoms with Gasteiger partial charge in [-0.05, 0) is 36.6 Å². The highest BCUT2D eigenvalue weighted by molar-refractivity contribution is 7.22. The molecule has 3 fully saturated rings. The van der Waals surface area contributed by atoms with Crippen LogP contribution in [0.1, 0.15) is 25.3 Å². The highest BCUT2D eigenvalue weighted by Gasteiger charge is 2.40. The number of thiophene rings is 1. The number of benzene rings is 1. The number of nitrogens with zero attached hydrogens (tertiary/aromatic N) is 5. The fourth-order valence-corrected chi connectivity index (χ4v) is 6.83. The number of rotatable bonds is 4. The van der Waals surface area contributed by atoms with Crippen LogP contribution in [0.25, 0.3) is 20.7 Å². The van der Waals surface area contributed by atoms with Crippen LogP contribution in [0.5, 0.6) is 0 Å². The summed E-state index contributed by atoms with van der Waals surface area (Å²) in [6, 6.07) is 9.19. The molecule has 3 aliphatic rings. The number of fused-ring (bicyclic) bond motifs is 1. The summed E-state index contributed by atoms with van der Waals surface area (Å²) in [4.78, 5) is 49.9. The van der Waals surface area contributed by atoms with Gasteiger partial charge in [-0.3, -0.25) is 19.1 Å². The standard InChI is InChI=1S/C26H28ClN5O4S/c1-29(18-6-9-30(13-18)21-8-11-36-25(21)34)26(35)31-10-7-19(14-31)32-15-28-20-12-22(37-23(20)24(32)33)16-2-4-17(27)5-3-16/h2-5,12,15,18-19,21H,6-11,13-14H2,1H3/t18-,19-,21?/m0/s1. The SMILES string of the molecule is CN(C(=O)N1CC[C@H](n2cnc3cc(-c4ccc(Cl)cc4)sc3c2=O)C1)[C@H]1CCN(C2CCOC2=O)C1. The first-order valence-corrected chi connectivity index (χ1v) is 13.8. The highest BCUT2D eigenvalue weighted by Crippen LogP contribution is 2.32. The van der Waals surface area contributed by atoms with Gasteiger partial charge in [0.25, 0.3) is 5.56 Å². The number of carbonyl (C=O) groups excluding carboxylic acids is 2. The second-order valence-electron chi connectivity index (χ2n) is 9.98. The maximum absolute atomic E-state index is 13.4. The summed E-state index contributed by atoms with van der Waals surface area (Å²) < 4.78 is 7.41. The molecule has 3 aliphatic heterocycles. The van der Waals surface area contributed by atoms with E-state index in [4.69, 9.17) is 16.3 Å². The Balaban J connectivity index is 1.14.